The number of rotatable bonds is 7. The Bertz CT molecular complexity index is 596. The Morgan fingerprint density at radius 1 is 1.08 bits per heavy atom. The van der Waals surface area contributed by atoms with Crippen molar-refractivity contribution in [2.75, 3.05) is 25.9 Å². The highest BCUT2D eigenvalue weighted by Gasteiger charge is 2.28. The summed E-state index contributed by atoms with van der Waals surface area (Å²) in [6.07, 6.45) is 1.99. The van der Waals surface area contributed by atoms with E-state index in [2.05, 4.69) is 27.8 Å². The van der Waals surface area contributed by atoms with E-state index >= 15 is 0 Å². The van der Waals surface area contributed by atoms with Crippen molar-refractivity contribution < 1.29 is 8.42 Å². The number of aryl methyl sites for hydroxylation is 1. The van der Waals surface area contributed by atoms with E-state index in [1.165, 1.54) is 5.56 Å². The quantitative estimate of drug-likeness (QED) is 0.280. The average Bonchev–Trinajstić information content (AvgIpc) is 2.49. The molecule has 0 amide bonds. The summed E-state index contributed by atoms with van der Waals surface area (Å²) in [5.41, 5.74) is 1.31. The number of hydrogen-bond acceptors (Lipinski definition) is 3. The van der Waals surface area contributed by atoms with Gasteiger partial charge in [0.15, 0.2) is 15.8 Å². The van der Waals surface area contributed by atoms with Gasteiger partial charge >= 0.3 is 0 Å². The molecule has 138 valence electrons. The molecule has 0 heterocycles. The molecular formula is C17H30IN3O2S. The first-order valence-electron chi connectivity index (χ1n) is 7.97. The monoisotopic (exact) mass is 467 g/mol. The molecule has 0 saturated carbocycles. The van der Waals surface area contributed by atoms with Crippen LogP contribution in [0, 0.1) is 0 Å². The number of aliphatic imine (C=N–C) groups is 1. The standard InChI is InChI=1S/C17H29N3O2S.HI/c1-17(2,3)23(21,22)14-13-20-16(18-4)19-12-8-11-15-9-6-5-7-10-15;/h5-7,9-10H,8,11-14H2,1-4H3,(H2,18,19,20);1H. The van der Waals surface area contributed by atoms with E-state index in [1.807, 2.05) is 18.2 Å². The molecule has 0 fully saturated rings. The third-order valence-corrected chi connectivity index (χ3v) is 6.20. The van der Waals surface area contributed by atoms with Crippen LogP contribution in [0.1, 0.15) is 32.8 Å². The number of sulfone groups is 1. The van der Waals surface area contributed by atoms with E-state index in [9.17, 15) is 8.42 Å². The molecule has 0 aliphatic carbocycles. The number of nitrogens with one attached hydrogen (secondary N) is 2. The Kier molecular flexibility index (Phi) is 10.5. The van der Waals surface area contributed by atoms with Crippen LogP contribution in [0.15, 0.2) is 35.3 Å². The summed E-state index contributed by atoms with van der Waals surface area (Å²) >= 11 is 0. The van der Waals surface area contributed by atoms with Crippen LogP contribution in [0.3, 0.4) is 0 Å². The van der Waals surface area contributed by atoms with Gasteiger partial charge in [0, 0.05) is 20.1 Å². The SMILES string of the molecule is CN=C(NCCCc1ccccc1)NCCS(=O)(=O)C(C)(C)C.I. The summed E-state index contributed by atoms with van der Waals surface area (Å²) in [5.74, 6) is 0.739. The second-order valence-electron chi connectivity index (χ2n) is 6.45. The lowest BCUT2D eigenvalue weighted by Gasteiger charge is -2.19. The molecule has 5 nitrogen and oxygen atoms in total. The van der Waals surface area contributed by atoms with E-state index in [0.717, 1.165) is 19.4 Å². The molecule has 1 rings (SSSR count). The van der Waals surface area contributed by atoms with Gasteiger partial charge in [0.05, 0.1) is 10.5 Å². The molecule has 0 bridgehead atoms. The van der Waals surface area contributed by atoms with Crippen molar-refractivity contribution in [2.45, 2.75) is 38.4 Å². The first-order valence-corrected chi connectivity index (χ1v) is 9.62. The third kappa shape index (κ3) is 8.32. The van der Waals surface area contributed by atoms with Gasteiger partial charge in [0.1, 0.15) is 0 Å². The molecule has 0 radical (unpaired) electrons. The predicted octanol–water partition coefficient (Wildman–Crippen LogP) is 2.62. The van der Waals surface area contributed by atoms with Crippen molar-refractivity contribution in [3.63, 3.8) is 0 Å². The molecule has 0 aliphatic rings. The molecule has 0 spiro atoms. The lowest BCUT2D eigenvalue weighted by atomic mass is 10.1. The summed E-state index contributed by atoms with van der Waals surface area (Å²) in [5, 5.41) is 6.26. The lowest BCUT2D eigenvalue weighted by Crippen LogP contribution is -2.42. The summed E-state index contributed by atoms with van der Waals surface area (Å²) in [4.78, 5) is 4.11. The maximum Gasteiger partial charge on any atom is 0.191 e. The van der Waals surface area contributed by atoms with E-state index in [4.69, 9.17) is 0 Å². The number of guanidine groups is 1. The van der Waals surface area contributed by atoms with Gasteiger partial charge in [-0.2, -0.15) is 0 Å². The molecule has 0 saturated heterocycles. The van der Waals surface area contributed by atoms with Crippen LogP contribution in [0.4, 0.5) is 0 Å². The van der Waals surface area contributed by atoms with E-state index in [0.29, 0.717) is 12.5 Å². The highest BCUT2D eigenvalue weighted by Crippen LogP contribution is 2.15. The van der Waals surface area contributed by atoms with Crippen molar-refractivity contribution in [3.8, 4) is 0 Å². The molecular weight excluding hydrogens is 437 g/mol. The number of halogens is 1. The van der Waals surface area contributed by atoms with Gasteiger partial charge in [-0.15, -0.1) is 24.0 Å². The van der Waals surface area contributed by atoms with Crippen LogP contribution >= 0.6 is 24.0 Å². The first kappa shape index (κ1) is 23.2. The highest BCUT2D eigenvalue weighted by molar-refractivity contribution is 14.0. The summed E-state index contributed by atoms with van der Waals surface area (Å²) in [7, 11) is -1.42. The fraction of sp³-hybridized carbons (Fsp3) is 0.588. The van der Waals surface area contributed by atoms with Gasteiger partial charge in [-0.25, -0.2) is 8.42 Å². The molecule has 0 atom stereocenters. The maximum atomic E-state index is 12.0. The van der Waals surface area contributed by atoms with Crippen LogP contribution in [-0.4, -0.2) is 45.0 Å². The second kappa shape index (κ2) is 10.9. The Labute approximate surface area is 163 Å². The molecule has 2 N–H and O–H groups in total. The van der Waals surface area contributed by atoms with Gasteiger partial charge in [0.25, 0.3) is 0 Å². The molecule has 1 aromatic rings. The van der Waals surface area contributed by atoms with E-state index in [1.54, 1.807) is 27.8 Å². The van der Waals surface area contributed by atoms with Crippen molar-refractivity contribution in [1.29, 1.82) is 0 Å². The van der Waals surface area contributed by atoms with Crippen LogP contribution in [-0.2, 0) is 16.3 Å². The fourth-order valence-corrected chi connectivity index (χ4v) is 2.96. The molecule has 7 heteroatoms. The maximum absolute atomic E-state index is 12.0. The predicted molar refractivity (Wildman–Crippen MR) is 113 cm³/mol. The van der Waals surface area contributed by atoms with Crippen molar-refractivity contribution in [3.05, 3.63) is 35.9 Å². The summed E-state index contributed by atoms with van der Waals surface area (Å²) in [6, 6.07) is 10.3. The van der Waals surface area contributed by atoms with Crippen molar-refractivity contribution in [1.82, 2.24) is 10.6 Å². The van der Waals surface area contributed by atoms with Gasteiger partial charge < -0.3 is 10.6 Å². The zero-order valence-electron chi connectivity index (χ0n) is 15.0. The fourth-order valence-electron chi connectivity index (χ4n) is 1.97. The number of benzene rings is 1. The van der Waals surface area contributed by atoms with Crippen LogP contribution in [0.2, 0.25) is 0 Å². The van der Waals surface area contributed by atoms with Crippen LogP contribution in [0.25, 0.3) is 0 Å². The molecule has 0 aromatic heterocycles. The van der Waals surface area contributed by atoms with Gasteiger partial charge in [0.2, 0.25) is 0 Å². The minimum Gasteiger partial charge on any atom is -0.356 e. The third-order valence-electron chi connectivity index (χ3n) is 3.60. The van der Waals surface area contributed by atoms with E-state index < -0.39 is 14.6 Å². The lowest BCUT2D eigenvalue weighted by molar-refractivity contribution is 0.559. The molecule has 0 aliphatic heterocycles. The van der Waals surface area contributed by atoms with Crippen molar-refractivity contribution >= 4 is 39.8 Å². The number of hydrogen-bond donors (Lipinski definition) is 2. The van der Waals surface area contributed by atoms with Gasteiger partial charge in [-0.1, -0.05) is 30.3 Å². The summed E-state index contributed by atoms with van der Waals surface area (Å²) < 4.78 is 23.4. The zero-order valence-corrected chi connectivity index (χ0v) is 18.1. The van der Waals surface area contributed by atoms with Crippen LogP contribution in [0.5, 0.6) is 0 Å². The topological polar surface area (TPSA) is 70.6 Å². The normalized spacial score (nSPS) is 12.4. The Morgan fingerprint density at radius 3 is 2.21 bits per heavy atom. The second-order valence-corrected chi connectivity index (χ2v) is 9.31. The molecule has 24 heavy (non-hydrogen) atoms. The minimum atomic E-state index is -3.11. The van der Waals surface area contributed by atoms with Crippen LogP contribution < -0.4 is 10.6 Å². The number of nitrogens with zero attached hydrogens (tertiary/aromatic N) is 1. The largest absolute Gasteiger partial charge is 0.356 e. The Morgan fingerprint density at radius 2 is 1.67 bits per heavy atom. The average molecular weight is 467 g/mol. The Hall–Kier alpha value is -0.830. The van der Waals surface area contributed by atoms with Gasteiger partial charge in [-0.3, -0.25) is 4.99 Å². The smallest absolute Gasteiger partial charge is 0.191 e. The van der Waals surface area contributed by atoms with Gasteiger partial charge in [-0.05, 0) is 39.2 Å². The Balaban J connectivity index is 0.00000529. The highest BCUT2D eigenvalue weighted by atomic mass is 127. The zero-order chi connectivity index (χ0) is 17.3. The summed E-state index contributed by atoms with van der Waals surface area (Å²) in [6.45, 7) is 6.31. The minimum absolute atomic E-state index is 0. The first-order chi connectivity index (χ1) is 10.8. The van der Waals surface area contributed by atoms with Crippen molar-refractivity contribution in [2.24, 2.45) is 4.99 Å². The molecule has 1 aromatic carbocycles. The molecule has 0 unspecified atom stereocenters. The van der Waals surface area contributed by atoms with E-state index in [-0.39, 0.29) is 29.7 Å².